The highest BCUT2D eigenvalue weighted by molar-refractivity contribution is 5.95. The van der Waals surface area contributed by atoms with Gasteiger partial charge in [0.2, 0.25) is 29.5 Å². The molecule has 5 atom stereocenters. The number of primary amides is 2. The minimum absolute atomic E-state index is 0.0289. The molecule has 0 bridgehead atoms. The van der Waals surface area contributed by atoms with Gasteiger partial charge in [-0.2, -0.15) is 0 Å². The Morgan fingerprint density at radius 1 is 1.03 bits per heavy atom. The van der Waals surface area contributed by atoms with E-state index in [0.717, 1.165) is 0 Å². The van der Waals surface area contributed by atoms with Crippen molar-refractivity contribution in [3.8, 4) is 0 Å². The lowest BCUT2D eigenvalue weighted by molar-refractivity contribution is -0.146. The molecule has 1 aliphatic rings. The second kappa shape index (κ2) is 13.5. The molecule has 5 amide bonds. The Morgan fingerprint density at radius 2 is 1.62 bits per heavy atom. The molecule has 1 rings (SSSR count). The van der Waals surface area contributed by atoms with Crippen LogP contribution in [0.3, 0.4) is 0 Å². The highest BCUT2D eigenvalue weighted by Gasteiger charge is 2.39. The Hall–Kier alpha value is -3.22. The van der Waals surface area contributed by atoms with Crippen LogP contribution in [0.5, 0.6) is 0 Å². The van der Waals surface area contributed by atoms with Crippen molar-refractivity contribution < 1.29 is 33.9 Å². The zero-order chi connectivity index (χ0) is 26.0. The molecule has 0 spiro atoms. The number of carboxylic acids is 1. The van der Waals surface area contributed by atoms with Gasteiger partial charge in [0.25, 0.3) is 0 Å². The van der Waals surface area contributed by atoms with Crippen LogP contribution >= 0.6 is 0 Å². The van der Waals surface area contributed by atoms with Gasteiger partial charge in [0.05, 0.1) is 6.04 Å². The third-order valence-corrected chi connectivity index (χ3v) is 5.95. The Kier molecular flexibility index (Phi) is 11.4. The Bertz CT molecular complexity index is 790. The van der Waals surface area contributed by atoms with Gasteiger partial charge in [-0.3, -0.25) is 24.0 Å². The van der Waals surface area contributed by atoms with Gasteiger partial charge in [-0.15, -0.1) is 0 Å². The first kappa shape index (κ1) is 28.8. The Labute approximate surface area is 198 Å². The van der Waals surface area contributed by atoms with Crippen LogP contribution in [0.1, 0.15) is 58.8 Å². The van der Waals surface area contributed by atoms with Crippen molar-refractivity contribution in [1.82, 2.24) is 15.5 Å². The summed E-state index contributed by atoms with van der Waals surface area (Å²) in [7, 11) is 0. The molecule has 1 fully saturated rings. The number of likely N-dealkylation sites (tertiary alicyclic amines) is 1. The number of carbonyl (C=O) groups excluding carboxylic acids is 5. The minimum atomic E-state index is -1.18. The van der Waals surface area contributed by atoms with Gasteiger partial charge < -0.3 is 37.8 Å². The van der Waals surface area contributed by atoms with Crippen LogP contribution in [0, 0.1) is 5.92 Å². The molecule has 13 nitrogen and oxygen atoms in total. The molecule has 34 heavy (non-hydrogen) atoms. The zero-order valence-electron chi connectivity index (χ0n) is 19.6. The van der Waals surface area contributed by atoms with E-state index in [0.29, 0.717) is 19.3 Å². The average Bonchev–Trinajstić information content (AvgIpc) is 3.26. The standard InChI is InChI=1S/C21H36N6O7/c1-3-11(2)17(21(33)34)26-19(31)14-5-4-10-27(14)20(32)13(7-9-16(24)29)25-18(30)12(22)6-8-15(23)28/h11-14,17H,3-10,22H2,1-2H3,(H2,23,28)(H2,24,29)(H,25,30)(H,26,31)(H,33,34). The molecule has 1 heterocycles. The molecule has 1 saturated heterocycles. The maximum Gasteiger partial charge on any atom is 0.326 e. The van der Waals surface area contributed by atoms with Crippen LogP contribution in [-0.2, 0) is 28.8 Å². The highest BCUT2D eigenvalue weighted by atomic mass is 16.4. The number of hydrogen-bond acceptors (Lipinski definition) is 7. The maximum atomic E-state index is 13.3. The topological polar surface area (TPSA) is 228 Å². The maximum absolute atomic E-state index is 13.3. The molecule has 5 unspecified atom stereocenters. The first-order valence-electron chi connectivity index (χ1n) is 11.3. The lowest BCUT2D eigenvalue weighted by atomic mass is 9.98. The van der Waals surface area contributed by atoms with Crippen LogP contribution in [0.25, 0.3) is 0 Å². The number of rotatable bonds is 14. The summed E-state index contributed by atoms with van der Waals surface area (Å²) in [6, 6.07) is -4.32. The van der Waals surface area contributed by atoms with Gasteiger partial charge in [0, 0.05) is 19.4 Å². The van der Waals surface area contributed by atoms with E-state index in [2.05, 4.69) is 10.6 Å². The van der Waals surface area contributed by atoms with Crippen LogP contribution in [0.4, 0.5) is 0 Å². The first-order valence-corrected chi connectivity index (χ1v) is 11.3. The molecule has 0 saturated carbocycles. The van der Waals surface area contributed by atoms with E-state index in [1.54, 1.807) is 13.8 Å². The number of amides is 5. The summed E-state index contributed by atoms with van der Waals surface area (Å²) in [5, 5.41) is 14.4. The number of hydrogen-bond donors (Lipinski definition) is 6. The third-order valence-electron chi connectivity index (χ3n) is 5.95. The van der Waals surface area contributed by atoms with Crippen LogP contribution in [0.2, 0.25) is 0 Å². The monoisotopic (exact) mass is 484 g/mol. The molecule has 192 valence electrons. The van der Waals surface area contributed by atoms with E-state index in [-0.39, 0.29) is 38.1 Å². The molecular formula is C21H36N6O7. The van der Waals surface area contributed by atoms with E-state index >= 15 is 0 Å². The van der Waals surface area contributed by atoms with E-state index in [4.69, 9.17) is 17.2 Å². The molecule has 13 heteroatoms. The molecule has 9 N–H and O–H groups in total. The SMILES string of the molecule is CCC(C)C(NC(=O)C1CCCN1C(=O)C(CCC(N)=O)NC(=O)C(N)CCC(N)=O)C(=O)O. The summed E-state index contributed by atoms with van der Waals surface area (Å²) >= 11 is 0. The molecular weight excluding hydrogens is 448 g/mol. The summed E-state index contributed by atoms with van der Waals surface area (Å²) in [6.45, 7) is 3.72. The fourth-order valence-corrected chi connectivity index (χ4v) is 3.69. The second-order valence-corrected chi connectivity index (χ2v) is 8.58. The van der Waals surface area contributed by atoms with Crippen LogP contribution in [-0.4, -0.2) is 76.2 Å². The average molecular weight is 485 g/mol. The normalized spacial score (nSPS) is 18.9. The van der Waals surface area contributed by atoms with Crippen molar-refractivity contribution in [2.75, 3.05) is 6.54 Å². The number of nitrogens with zero attached hydrogens (tertiary/aromatic N) is 1. The largest absolute Gasteiger partial charge is 0.480 e. The second-order valence-electron chi connectivity index (χ2n) is 8.58. The number of carboxylic acid groups (broad SMARTS) is 1. The fourth-order valence-electron chi connectivity index (χ4n) is 3.69. The molecule has 0 aliphatic carbocycles. The van der Waals surface area contributed by atoms with E-state index in [9.17, 15) is 33.9 Å². The van der Waals surface area contributed by atoms with Crippen molar-refractivity contribution in [2.24, 2.45) is 23.1 Å². The van der Waals surface area contributed by atoms with E-state index in [1.165, 1.54) is 4.90 Å². The summed E-state index contributed by atoms with van der Waals surface area (Å²) in [4.78, 5) is 73.6. The van der Waals surface area contributed by atoms with E-state index < -0.39 is 59.7 Å². The highest BCUT2D eigenvalue weighted by Crippen LogP contribution is 2.21. The Morgan fingerprint density at radius 3 is 2.15 bits per heavy atom. The van der Waals surface area contributed by atoms with Gasteiger partial charge in [-0.25, -0.2) is 4.79 Å². The van der Waals surface area contributed by atoms with Crippen molar-refractivity contribution in [2.45, 2.75) is 83.0 Å². The van der Waals surface area contributed by atoms with Gasteiger partial charge in [0.1, 0.15) is 18.1 Å². The molecule has 0 radical (unpaired) electrons. The molecule has 0 aromatic rings. The first-order chi connectivity index (χ1) is 15.9. The fraction of sp³-hybridized carbons (Fsp3) is 0.714. The van der Waals surface area contributed by atoms with E-state index in [1.807, 2.05) is 0 Å². The van der Waals surface area contributed by atoms with Crippen molar-refractivity contribution in [3.05, 3.63) is 0 Å². The quantitative estimate of drug-likeness (QED) is 0.160. The lowest BCUT2D eigenvalue weighted by Gasteiger charge is -2.30. The number of nitrogens with two attached hydrogens (primary N) is 3. The van der Waals surface area contributed by atoms with Crippen LogP contribution < -0.4 is 27.8 Å². The summed E-state index contributed by atoms with van der Waals surface area (Å²) in [5.74, 6) is -4.73. The van der Waals surface area contributed by atoms with Crippen molar-refractivity contribution in [1.29, 1.82) is 0 Å². The van der Waals surface area contributed by atoms with Crippen molar-refractivity contribution >= 4 is 35.5 Å². The lowest BCUT2D eigenvalue weighted by Crippen LogP contribution is -2.57. The van der Waals surface area contributed by atoms with Crippen molar-refractivity contribution in [3.63, 3.8) is 0 Å². The summed E-state index contributed by atoms with van der Waals surface area (Å²) < 4.78 is 0. The van der Waals surface area contributed by atoms with Crippen LogP contribution in [0.15, 0.2) is 0 Å². The number of nitrogens with one attached hydrogen (secondary N) is 2. The molecule has 1 aliphatic heterocycles. The molecule has 0 aromatic heterocycles. The minimum Gasteiger partial charge on any atom is -0.480 e. The summed E-state index contributed by atoms with van der Waals surface area (Å²) in [5.41, 5.74) is 16.0. The predicted molar refractivity (Wildman–Crippen MR) is 121 cm³/mol. The van der Waals surface area contributed by atoms with Gasteiger partial charge in [-0.05, 0) is 31.6 Å². The number of carbonyl (C=O) groups is 6. The predicted octanol–water partition coefficient (Wildman–Crippen LogP) is -2.06. The summed E-state index contributed by atoms with van der Waals surface area (Å²) in [6.07, 6.45) is 0.883. The molecule has 0 aromatic carbocycles. The van der Waals surface area contributed by atoms with Gasteiger partial charge >= 0.3 is 5.97 Å². The van der Waals surface area contributed by atoms with Gasteiger partial charge in [0.15, 0.2) is 0 Å². The smallest absolute Gasteiger partial charge is 0.326 e. The third kappa shape index (κ3) is 8.61. The Balaban J connectivity index is 2.98. The van der Waals surface area contributed by atoms with Gasteiger partial charge in [-0.1, -0.05) is 20.3 Å². The number of aliphatic carboxylic acids is 1. The zero-order valence-corrected chi connectivity index (χ0v) is 19.6.